The Morgan fingerprint density at radius 1 is 1.54 bits per heavy atom. The maximum Gasteiger partial charge on any atom is 0.134 e. The number of nitrogens with zero attached hydrogens (tertiary/aromatic N) is 1. The van der Waals surface area contributed by atoms with Gasteiger partial charge >= 0.3 is 0 Å². The summed E-state index contributed by atoms with van der Waals surface area (Å²) in [5, 5.41) is 0. The maximum atomic E-state index is 5.87. The summed E-state index contributed by atoms with van der Waals surface area (Å²) in [5.74, 6) is 0. The van der Waals surface area contributed by atoms with Crippen molar-refractivity contribution in [3.63, 3.8) is 0 Å². The van der Waals surface area contributed by atoms with Crippen molar-refractivity contribution in [2.24, 2.45) is 7.05 Å². The number of epoxide rings is 1. The Bertz CT molecular complexity index is 331. The van der Waals surface area contributed by atoms with Crippen molar-refractivity contribution in [2.75, 3.05) is 0 Å². The van der Waals surface area contributed by atoms with Crippen LogP contribution in [0.15, 0.2) is 18.3 Å². The zero-order valence-corrected chi connectivity index (χ0v) is 7.99. The van der Waals surface area contributed by atoms with E-state index in [1.54, 1.807) is 0 Å². The first-order valence-electron chi connectivity index (χ1n) is 5.12. The van der Waals surface area contributed by atoms with Gasteiger partial charge < -0.3 is 9.30 Å². The van der Waals surface area contributed by atoms with Gasteiger partial charge in [-0.15, -0.1) is 0 Å². The van der Waals surface area contributed by atoms with Crippen molar-refractivity contribution in [3.05, 3.63) is 24.0 Å². The molecule has 1 saturated carbocycles. The van der Waals surface area contributed by atoms with Crippen molar-refractivity contribution in [2.45, 2.75) is 37.4 Å². The average Bonchev–Trinajstić information content (AvgIpc) is 2.74. The van der Waals surface area contributed by atoms with Crippen LogP contribution >= 0.6 is 0 Å². The van der Waals surface area contributed by atoms with Crippen molar-refractivity contribution in [3.8, 4) is 0 Å². The molecule has 70 valence electrons. The molecule has 2 nitrogen and oxygen atoms in total. The molecule has 1 saturated heterocycles. The first-order valence-corrected chi connectivity index (χ1v) is 5.12. The predicted octanol–water partition coefficient (Wildman–Crippen LogP) is 2.19. The van der Waals surface area contributed by atoms with E-state index in [1.807, 2.05) is 0 Å². The van der Waals surface area contributed by atoms with Crippen LogP contribution in [0.4, 0.5) is 0 Å². The zero-order valence-electron chi connectivity index (χ0n) is 7.99. The minimum Gasteiger partial charge on any atom is -0.359 e. The monoisotopic (exact) mass is 177 g/mol. The molecule has 1 aromatic heterocycles. The van der Waals surface area contributed by atoms with Crippen molar-refractivity contribution in [1.29, 1.82) is 0 Å². The largest absolute Gasteiger partial charge is 0.359 e. The molecule has 2 aliphatic rings. The standard InChI is InChI=1S/C11H15NO/c1-12-8-4-5-9(12)11-7-3-2-6-10(11)13-11/h4-5,8,10H,2-3,6-7H2,1H3/t10-,11-/m0/s1. The van der Waals surface area contributed by atoms with Gasteiger partial charge in [-0.25, -0.2) is 0 Å². The minimum atomic E-state index is 0.122. The first kappa shape index (κ1) is 7.63. The Balaban J connectivity index is 1.97. The number of rotatable bonds is 1. The summed E-state index contributed by atoms with van der Waals surface area (Å²) in [5.41, 5.74) is 1.49. The lowest BCUT2D eigenvalue weighted by Gasteiger charge is -2.17. The minimum absolute atomic E-state index is 0.122. The Morgan fingerprint density at radius 3 is 3.15 bits per heavy atom. The highest BCUT2D eigenvalue weighted by atomic mass is 16.6. The van der Waals surface area contributed by atoms with Gasteiger partial charge in [0.1, 0.15) is 5.60 Å². The molecule has 0 aromatic carbocycles. The first-order chi connectivity index (χ1) is 6.33. The van der Waals surface area contributed by atoms with Crippen LogP contribution < -0.4 is 0 Å². The fourth-order valence-corrected chi connectivity index (χ4v) is 2.70. The van der Waals surface area contributed by atoms with E-state index in [-0.39, 0.29) is 5.60 Å². The van der Waals surface area contributed by atoms with Gasteiger partial charge in [-0.1, -0.05) is 6.42 Å². The Kier molecular flexibility index (Phi) is 1.40. The van der Waals surface area contributed by atoms with E-state index >= 15 is 0 Å². The molecule has 0 radical (unpaired) electrons. The smallest absolute Gasteiger partial charge is 0.134 e. The molecule has 2 heterocycles. The van der Waals surface area contributed by atoms with Crippen LogP contribution in [0.3, 0.4) is 0 Å². The SMILES string of the molecule is Cn1cccc1[C@@]12CCCC[C@@H]1O2. The van der Waals surface area contributed by atoms with E-state index in [9.17, 15) is 0 Å². The van der Waals surface area contributed by atoms with E-state index in [0.29, 0.717) is 6.10 Å². The molecule has 13 heavy (non-hydrogen) atoms. The molecule has 3 rings (SSSR count). The highest BCUT2D eigenvalue weighted by Gasteiger charge is 2.59. The van der Waals surface area contributed by atoms with Gasteiger partial charge in [0.2, 0.25) is 0 Å². The number of fused-ring (bicyclic) bond motifs is 1. The number of ether oxygens (including phenoxy) is 1. The van der Waals surface area contributed by atoms with E-state index in [1.165, 1.54) is 31.4 Å². The molecule has 1 aliphatic carbocycles. The van der Waals surface area contributed by atoms with E-state index in [4.69, 9.17) is 4.74 Å². The highest BCUT2D eigenvalue weighted by Crippen LogP contribution is 2.55. The van der Waals surface area contributed by atoms with E-state index < -0.39 is 0 Å². The van der Waals surface area contributed by atoms with Crippen LogP contribution in [0.25, 0.3) is 0 Å². The molecule has 2 fully saturated rings. The normalized spacial score (nSPS) is 37.2. The molecule has 1 aromatic rings. The van der Waals surface area contributed by atoms with E-state index in [2.05, 4.69) is 29.9 Å². The number of aryl methyl sites for hydroxylation is 1. The summed E-state index contributed by atoms with van der Waals surface area (Å²) >= 11 is 0. The second kappa shape index (κ2) is 2.38. The molecule has 0 bridgehead atoms. The maximum absolute atomic E-state index is 5.87. The molecule has 0 unspecified atom stereocenters. The summed E-state index contributed by atoms with van der Waals surface area (Å²) in [6.07, 6.45) is 7.77. The van der Waals surface area contributed by atoms with Crippen LogP contribution in [0.1, 0.15) is 31.4 Å². The summed E-state index contributed by atoms with van der Waals surface area (Å²) in [6, 6.07) is 4.31. The zero-order chi connectivity index (χ0) is 8.89. The van der Waals surface area contributed by atoms with Gasteiger partial charge in [-0.3, -0.25) is 0 Å². The fraction of sp³-hybridized carbons (Fsp3) is 0.636. The van der Waals surface area contributed by atoms with Gasteiger partial charge in [0.15, 0.2) is 0 Å². The topological polar surface area (TPSA) is 17.5 Å². The molecule has 1 aliphatic heterocycles. The third kappa shape index (κ3) is 0.923. The third-order valence-corrected chi connectivity index (χ3v) is 3.46. The van der Waals surface area contributed by atoms with Gasteiger partial charge in [0.25, 0.3) is 0 Å². The number of hydrogen-bond donors (Lipinski definition) is 0. The highest BCUT2D eigenvalue weighted by molar-refractivity contribution is 5.25. The van der Waals surface area contributed by atoms with Crippen molar-refractivity contribution < 1.29 is 4.74 Å². The Morgan fingerprint density at radius 2 is 2.46 bits per heavy atom. The van der Waals surface area contributed by atoms with Gasteiger partial charge in [-0.2, -0.15) is 0 Å². The van der Waals surface area contributed by atoms with Crippen LogP contribution in [0.5, 0.6) is 0 Å². The third-order valence-electron chi connectivity index (χ3n) is 3.46. The van der Waals surface area contributed by atoms with Crippen molar-refractivity contribution in [1.82, 2.24) is 4.57 Å². The van der Waals surface area contributed by atoms with E-state index in [0.717, 1.165) is 0 Å². The van der Waals surface area contributed by atoms with Crippen LogP contribution in [0, 0.1) is 0 Å². The summed E-state index contributed by atoms with van der Waals surface area (Å²) < 4.78 is 8.07. The van der Waals surface area contributed by atoms with Crippen molar-refractivity contribution >= 4 is 0 Å². The van der Waals surface area contributed by atoms with Gasteiger partial charge in [0.05, 0.1) is 11.8 Å². The fourth-order valence-electron chi connectivity index (χ4n) is 2.70. The average molecular weight is 177 g/mol. The molecule has 2 atom stereocenters. The summed E-state index contributed by atoms with van der Waals surface area (Å²) in [7, 11) is 2.11. The lowest BCUT2D eigenvalue weighted by Crippen LogP contribution is -2.19. The Labute approximate surface area is 78.5 Å². The quantitative estimate of drug-likeness (QED) is 0.601. The number of hydrogen-bond acceptors (Lipinski definition) is 1. The summed E-state index contributed by atoms with van der Waals surface area (Å²) in [6.45, 7) is 0. The molecule has 0 amide bonds. The molecule has 2 heteroatoms. The predicted molar refractivity (Wildman–Crippen MR) is 50.4 cm³/mol. The molecular weight excluding hydrogens is 162 g/mol. The second-order valence-corrected chi connectivity index (χ2v) is 4.25. The summed E-state index contributed by atoms with van der Waals surface area (Å²) in [4.78, 5) is 0. The molecule has 0 spiro atoms. The van der Waals surface area contributed by atoms with Crippen LogP contribution in [0.2, 0.25) is 0 Å². The molecule has 0 N–H and O–H groups in total. The van der Waals surface area contributed by atoms with Gasteiger partial charge in [0, 0.05) is 13.2 Å². The van der Waals surface area contributed by atoms with Gasteiger partial charge in [-0.05, 0) is 31.4 Å². The van der Waals surface area contributed by atoms with Crippen LogP contribution in [-0.4, -0.2) is 10.7 Å². The second-order valence-electron chi connectivity index (χ2n) is 4.25. The van der Waals surface area contributed by atoms with Crippen LogP contribution in [-0.2, 0) is 17.4 Å². The Hall–Kier alpha value is -0.760. The lowest BCUT2D eigenvalue weighted by atomic mass is 9.87. The lowest BCUT2D eigenvalue weighted by molar-refractivity contribution is 0.279. The molecular formula is C11H15NO. The number of aromatic nitrogens is 1.